The zero-order chi connectivity index (χ0) is 15.0. The van der Waals surface area contributed by atoms with Crippen molar-refractivity contribution in [3.63, 3.8) is 0 Å². The molecule has 0 aliphatic carbocycles. The van der Waals surface area contributed by atoms with Gasteiger partial charge in [-0.2, -0.15) is 0 Å². The molecule has 1 N–H and O–H groups in total. The van der Waals surface area contributed by atoms with Gasteiger partial charge >= 0.3 is 0 Å². The Labute approximate surface area is 122 Å². The Balaban J connectivity index is 2.84. The van der Waals surface area contributed by atoms with Crippen molar-refractivity contribution in [3.8, 4) is 0 Å². The van der Waals surface area contributed by atoms with Gasteiger partial charge in [-0.15, -0.1) is 0 Å². The molecule has 1 aromatic rings. The Morgan fingerprint density at radius 1 is 1.30 bits per heavy atom. The van der Waals surface area contributed by atoms with Gasteiger partial charge < -0.3 is 14.8 Å². The van der Waals surface area contributed by atoms with Gasteiger partial charge in [-0.1, -0.05) is 6.92 Å². The molecule has 0 radical (unpaired) electrons. The Morgan fingerprint density at radius 3 is 2.65 bits per heavy atom. The van der Waals surface area contributed by atoms with E-state index in [0.29, 0.717) is 19.8 Å². The van der Waals surface area contributed by atoms with Crippen molar-refractivity contribution >= 4 is 0 Å². The summed E-state index contributed by atoms with van der Waals surface area (Å²) in [5.74, 6) is 0.769. The maximum Gasteiger partial charge on any atom is 0.160 e. The molecule has 0 spiro atoms. The SMILES string of the molecule is CCOC(C)(CC)c1nc(C)cc(CNCCOC)n1. The maximum atomic E-state index is 5.85. The predicted octanol–water partition coefficient (Wildman–Crippen LogP) is 2.18. The summed E-state index contributed by atoms with van der Waals surface area (Å²) in [6.45, 7) is 11.0. The van der Waals surface area contributed by atoms with Gasteiger partial charge in [0.05, 0.1) is 12.3 Å². The molecular formula is C15H27N3O2. The second-order valence-electron chi connectivity index (χ2n) is 5.01. The van der Waals surface area contributed by atoms with Gasteiger partial charge in [0, 0.05) is 32.5 Å². The minimum Gasteiger partial charge on any atom is -0.383 e. The first-order valence-corrected chi connectivity index (χ1v) is 7.24. The fraction of sp³-hybridized carbons (Fsp3) is 0.733. The minimum absolute atomic E-state index is 0.415. The third-order valence-electron chi connectivity index (χ3n) is 3.31. The van der Waals surface area contributed by atoms with Crippen LogP contribution in [0.2, 0.25) is 0 Å². The first kappa shape index (κ1) is 17.0. The van der Waals surface area contributed by atoms with Gasteiger partial charge in [0.25, 0.3) is 0 Å². The van der Waals surface area contributed by atoms with Crippen LogP contribution in [0.3, 0.4) is 0 Å². The molecule has 0 aromatic carbocycles. The summed E-state index contributed by atoms with van der Waals surface area (Å²) in [6, 6.07) is 2.01. The van der Waals surface area contributed by atoms with Crippen LogP contribution in [0.15, 0.2) is 6.07 Å². The molecule has 0 fully saturated rings. The van der Waals surface area contributed by atoms with E-state index in [1.807, 2.05) is 26.8 Å². The lowest BCUT2D eigenvalue weighted by Crippen LogP contribution is -2.29. The molecule has 5 nitrogen and oxygen atoms in total. The molecule has 0 amide bonds. The fourth-order valence-electron chi connectivity index (χ4n) is 1.99. The van der Waals surface area contributed by atoms with Crippen LogP contribution in [0.1, 0.15) is 44.4 Å². The van der Waals surface area contributed by atoms with Crippen LogP contribution in [-0.2, 0) is 21.6 Å². The summed E-state index contributed by atoms with van der Waals surface area (Å²) < 4.78 is 10.9. The van der Waals surface area contributed by atoms with Gasteiger partial charge in [0.2, 0.25) is 0 Å². The summed E-state index contributed by atoms with van der Waals surface area (Å²) in [6.07, 6.45) is 0.848. The van der Waals surface area contributed by atoms with Crippen molar-refractivity contribution in [1.82, 2.24) is 15.3 Å². The molecule has 1 unspecified atom stereocenters. The highest BCUT2D eigenvalue weighted by Gasteiger charge is 2.28. The standard InChI is InChI=1S/C15H27N3O2/c1-6-15(4,20-7-2)14-17-12(3)10-13(18-14)11-16-8-9-19-5/h10,16H,6-9,11H2,1-5H3. The average Bonchev–Trinajstić information content (AvgIpc) is 2.43. The molecule has 1 heterocycles. The molecule has 0 saturated heterocycles. The number of methoxy groups -OCH3 is 1. The molecule has 0 saturated carbocycles. The molecule has 1 aromatic heterocycles. The second kappa shape index (κ2) is 8.29. The van der Waals surface area contributed by atoms with Crippen molar-refractivity contribution in [2.45, 2.75) is 46.3 Å². The van der Waals surface area contributed by atoms with E-state index < -0.39 is 5.60 Å². The Morgan fingerprint density at radius 2 is 2.05 bits per heavy atom. The Bertz CT molecular complexity index is 412. The molecule has 5 heteroatoms. The van der Waals surface area contributed by atoms with E-state index in [0.717, 1.165) is 30.2 Å². The predicted molar refractivity (Wildman–Crippen MR) is 79.6 cm³/mol. The van der Waals surface area contributed by atoms with E-state index in [1.54, 1.807) is 7.11 Å². The first-order valence-electron chi connectivity index (χ1n) is 7.24. The highest BCUT2D eigenvalue weighted by Crippen LogP contribution is 2.26. The van der Waals surface area contributed by atoms with Gasteiger partial charge in [0.15, 0.2) is 5.82 Å². The number of aromatic nitrogens is 2. The van der Waals surface area contributed by atoms with E-state index in [1.165, 1.54) is 0 Å². The van der Waals surface area contributed by atoms with Crippen LogP contribution < -0.4 is 5.32 Å². The molecule has 0 aliphatic rings. The van der Waals surface area contributed by atoms with Crippen molar-refractivity contribution in [1.29, 1.82) is 0 Å². The largest absolute Gasteiger partial charge is 0.383 e. The topological polar surface area (TPSA) is 56.3 Å². The van der Waals surface area contributed by atoms with Gasteiger partial charge in [-0.3, -0.25) is 0 Å². The van der Waals surface area contributed by atoms with Crippen molar-refractivity contribution in [2.75, 3.05) is 26.9 Å². The number of nitrogens with zero attached hydrogens (tertiary/aromatic N) is 2. The number of nitrogens with one attached hydrogen (secondary N) is 1. The third kappa shape index (κ3) is 4.81. The highest BCUT2D eigenvalue weighted by molar-refractivity contribution is 5.13. The van der Waals surface area contributed by atoms with E-state index >= 15 is 0 Å². The lowest BCUT2D eigenvalue weighted by Gasteiger charge is -2.27. The number of hydrogen-bond acceptors (Lipinski definition) is 5. The Kier molecular flexibility index (Phi) is 7.05. The number of hydrogen-bond donors (Lipinski definition) is 1. The molecule has 20 heavy (non-hydrogen) atoms. The van der Waals surface area contributed by atoms with Crippen molar-refractivity contribution in [2.24, 2.45) is 0 Å². The van der Waals surface area contributed by atoms with Crippen LogP contribution in [0, 0.1) is 6.92 Å². The van der Waals surface area contributed by atoms with E-state index in [4.69, 9.17) is 9.47 Å². The zero-order valence-electron chi connectivity index (χ0n) is 13.3. The second-order valence-corrected chi connectivity index (χ2v) is 5.01. The molecule has 114 valence electrons. The van der Waals surface area contributed by atoms with Gasteiger partial charge in [-0.05, 0) is 33.3 Å². The van der Waals surface area contributed by atoms with Crippen LogP contribution in [0.5, 0.6) is 0 Å². The Hall–Kier alpha value is -1.04. The quantitative estimate of drug-likeness (QED) is 0.703. The lowest BCUT2D eigenvalue weighted by molar-refractivity contribution is -0.0393. The lowest BCUT2D eigenvalue weighted by atomic mass is 10.0. The first-order chi connectivity index (χ1) is 9.55. The van der Waals surface area contributed by atoms with Crippen LogP contribution in [-0.4, -0.2) is 36.8 Å². The summed E-state index contributed by atoms with van der Waals surface area (Å²) in [5.41, 5.74) is 1.54. The summed E-state index contributed by atoms with van der Waals surface area (Å²) >= 11 is 0. The van der Waals surface area contributed by atoms with Gasteiger partial charge in [-0.25, -0.2) is 9.97 Å². The van der Waals surface area contributed by atoms with E-state index in [-0.39, 0.29) is 0 Å². The normalized spacial score (nSPS) is 14.2. The zero-order valence-corrected chi connectivity index (χ0v) is 13.3. The number of aryl methyl sites for hydroxylation is 1. The van der Waals surface area contributed by atoms with Crippen LogP contribution in [0.4, 0.5) is 0 Å². The molecular weight excluding hydrogens is 254 g/mol. The van der Waals surface area contributed by atoms with Gasteiger partial charge in [0.1, 0.15) is 5.60 Å². The summed E-state index contributed by atoms with van der Waals surface area (Å²) in [7, 11) is 1.70. The molecule has 1 rings (SSSR count). The minimum atomic E-state index is -0.415. The highest BCUT2D eigenvalue weighted by atomic mass is 16.5. The number of rotatable bonds is 9. The maximum absolute atomic E-state index is 5.85. The van der Waals surface area contributed by atoms with E-state index in [2.05, 4.69) is 22.2 Å². The van der Waals surface area contributed by atoms with Crippen molar-refractivity contribution in [3.05, 3.63) is 23.3 Å². The molecule has 0 aliphatic heterocycles. The monoisotopic (exact) mass is 281 g/mol. The van der Waals surface area contributed by atoms with Crippen molar-refractivity contribution < 1.29 is 9.47 Å². The summed E-state index contributed by atoms with van der Waals surface area (Å²) in [5, 5.41) is 3.30. The van der Waals surface area contributed by atoms with Crippen LogP contribution in [0.25, 0.3) is 0 Å². The summed E-state index contributed by atoms with van der Waals surface area (Å²) in [4.78, 5) is 9.20. The average molecular weight is 281 g/mol. The smallest absolute Gasteiger partial charge is 0.160 e. The van der Waals surface area contributed by atoms with E-state index in [9.17, 15) is 0 Å². The number of ether oxygens (including phenoxy) is 2. The third-order valence-corrected chi connectivity index (χ3v) is 3.31. The fourth-order valence-corrected chi connectivity index (χ4v) is 1.99. The van der Waals surface area contributed by atoms with Crippen LogP contribution >= 0.6 is 0 Å². The molecule has 0 bridgehead atoms. The molecule has 1 atom stereocenters.